The standard InChI is InChI=1S/C13H18N4O6S.F2/c1-14-6-8-4-9(15-22-8)10-5-13(2-3-13)11-7-16(10)12(18)17(11)23-24(19,20)21;1-2/h4,10-11,14H,2-3,5-7H2,1H3,(H,19,20,21);/t10-,11-;/m0./s1. The molecular formula is C13H18F2N4O6S. The fraction of sp³-hybridized carbons (Fsp3) is 0.692. The molecule has 1 aromatic rings. The number of carbonyl (C=O) groups is 1. The van der Waals surface area contributed by atoms with Gasteiger partial charge in [-0.1, -0.05) is 5.16 Å². The van der Waals surface area contributed by atoms with Crippen molar-refractivity contribution >= 4 is 16.4 Å². The van der Waals surface area contributed by atoms with E-state index in [1.54, 1.807) is 13.1 Å². The van der Waals surface area contributed by atoms with E-state index < -0.39 is 16.4 Å². The van der Waals surface area contributed by atoms with E-state index in [0.717, 1.165) is 17.9 Å². The van der Waals surface area contributed by atoms with Crippen LogP contribution in [0, 0.1) is 5.41 Å². The van der Waals surface area contributed by atoms with Crippen LogP contribution < -0.4 is 5.32 Å². The number of rotatable bonds is 5. The third kappa shape index (κ3) is 3.26. The van der Waals surface area contributed by atoms with Gasteiger partial charge >= 0.3 is 16.4 Å². The Labute approximate surface area is 147 Å². The number of carbonyl (C=O) groups excluding carboxylic acids is 1. The number of hydrogen-bond acceptors (Lipinski definition) is 7. The van der Waals surface area contributed by atoms with Crippen LogP contribution in [-0.4, -0.2) is 53.8 Å². The van der Waals surface area contributed by atoms with E-state index in [0.29, 0.717) is 31.0 Å². The summed E-state index contributed by atoms with van der Waals surface area (Å²) in [6, 6.07) is 0.550. The quantitative estimate of drug-likeness (QED) is 0.714. The van der Waals surface area contributed by atoms with Crippen molar-refractivity contribution in [2.24, 2.45) is 5.41 Å². The summed E-state index contributed by atoms with van der Waals surface area (Å²) in [5, 5.41) is 7.84. The van der Waals surface area contributed by atoms with Gasteiger partial charge in [-0.3, -0.25) is 4.55 Å². The fourth-order valence-corrected chi connectivity index (χ4v) is 4.19. The van der Waals surface area contributed by atoms with Crippen molar-refractivity contribution in [1.29, 1.82) is 0 Å². The van der Waals surface area contributed by atoms with Crippen LogP contribution in [0.1, 0.15) is 36.8 Å². The van der Waals surface area contributed by atoms with E-state index in [4.69, 9.17) is 18.2 Å². The maximum absolute atomic E-state index is 12.6. The molecule has 2 amide bonds. The Bertz CT molecular complexity index is 783. The van der Waals surface area contributed by atoms with Crippen LogP contribution in [-0.2, 0) is 21.2 Å². The molecule has 2 aliphatic heterocycles. The maximum Gasteiger partial charge on any atom is 0.418 e. The largest absolute Gasteiger partial charge is 0.418 e. The predicted octanol–water partition coefficient (Wildman–Crippen LogP) is 1.30. The topological polar surface area (TPSA) is 125 Å². The van der Waals surface area contributed by atoms with Gasteiger partial charge in [-0.05, 0) is 31.7 Å². The smallest absolute Gasteiger partial charge is 0.360 e. The lowest BCUT2D eigenvalue weighted by atomic mass is 9.84. The maximum atomic E-state index is 12.6. The Morgan fingerprint density at radius 3 is 2.77 bits per heavy atom. The van der Waals surface area contributed by atoms with Gasteiger partial charge < -0.3 is 14.7 Å². The van der Waals surface area contributed by atoms with E-state index in [1.807, 2.05) is 0 Å². The summed E-state index contributed by atoms with van der Waals surface area (Å²) in [4.78, 5) is 14.1. The third-order valence-corrected chi connectivity index (χ3v) is 5.46. The minimum atomic E-state index is -4.75. The Kier molecular flexibility index (Phi) is 4.90. The monoisotopic (exact) mass is 396 g/mol. The van der Waals surface area contributed by atoms with E-state index in [2.05, 4.69) is 14.8 Å². The van der Waals surface area contributed by atoms with Crippen LogP contribution >= 0.6 is 0 Å². The second-order valence-electron chi connectivity index (χ2n) is 6.61. The van der Waals surface area contributed by atoms with E-state index in [1.165, 1.54) is 4.90 Å². The van der Waals surface area contributed by atoms with Crippen LogP contribution in [0.5, 0.6) is 0 Å². The van der Waals surface area contributed by atoms with Gasteiger partial charge in [-0.25, -0.2) is 4.79 Å². The summed E-state index contributed by atoms with van der Waals surface area (Å²) in [5.74, 6) is 0.664. The molecule has 1 saturated carbocycles. The Morgan fingerprint density at radius 2 is 2.19 bits per heavy atom. The highest BCUT2D eigenvalue weighted by molar-refractivity contribution is 7.80. The molecule has 2 atom stereocenters. The molecule has 13 heteroatoms. The zero-order valence-corrected chi connectivity index (χ0v) is 14.6. The van der Waals surface area contributed by atoms with Crippen molar-refractivity contribution in [1.82, 2.24) is 20.4 Å². The molecule has 1 spiro atoms. The molecule has 3 aliphatic rings. The van der Waals surface area contributed by atoms with Gasteiger partial charge in [0.1, 0.15) is 5.69 Å². The number of urea groups is 1. The minimum absolute atomic E-state index is 0.194. The number of hydroxylamine groups is 2. The zero-order valence-electron chi connectivity index (χ0n) is 13.8. The number of hydrogen-bond donors (Lipinski definition) is 2. The van der Waals surface area contributed by atoms with Crippen molar-refractivity contribution in [2.75, 3.05) is 13.6 Å². The molecule has 1 aliphatic carbocycles. The first-order valence-corrected chi connectivity index (χ1v) is 9.21. The molecule has 10 nitrogen and oxygen atoms in total. The van der Waals surface area contributed by atoms with Crippen molar-refractivity contribution in [3.05, 3.63) is 17.5 Å². The van der Waals surface area contributed by atoms with Gasteiger partial charge in [-0.15, -0.1) is 4.28 Å². The van der Waals surface area contributed by atoms with Crippen LogP contribution in [0.3, 0.4) is 0 Å². The van der Waals surface area contributed by atoms with Gasteiger partial charge in [0.2, 0.25) is 0 Å². The molecular weight excluding hydrogens is 378 g/mol. The highest BCUT2D eigenvalue weighted by atomic mass is 32.3. The molecule has 0 aromatic carbocycles. The summed E-state index contributed by atoms with van der Waals surface area (Å²) in [5.41, 5.74) is 0.451. The molecule has 0 unspecified atom stereocenters. The first kappa shape index (κ1) is 18.9. The Balaban J connectivity index is 0.000000948. The fourth-order valence-electron chi connectivity index (χ4n) is 3.82. The molecule has 2 bridgehead atoms. The van der Waals surface area contributed by atoms with Crippen molar-refractivity contribution < 1.29 is 35.7 Å². The van der Waals surface area contributed by atoms with Crippen molar-refractivity contribution in [3.8, 4) is 0 Å². The molecule has 26 heavy (non-hydrogen) atoms. The second-order valence-corrected chi connectivity index (χ2v) is 7.61. The van der Waals surface area contributed by atoms with Gasteiger partial charge in [0.05, 0.1) is 18.6 Å². The first-order valence-electron chi connectivity index (χ1n) is 7.84. The predicted molar refractivity (Wildman–Crippen MR) is 80.9 cm³/mol. The van der Waals surface area contributed by atoms with Gasteiger partial charge in [0, 0.05) is 21.8 Å². The van der Waals surface area contributed by atoms with Crippen LogP contribution in [0.25, 0.3) is 0 Å². The number of amides is 2. The van der Waals surface area contributed by atoms with Crippen LogP contribution in [0.4, 0.5) is 13.9 Å². The Hall–Kier alpha value is -1.83. The molecule has 2 N–H and O–H groups in total. The van der Waals surface area contributed by atoms with Gasteiger partial charge in [0.25, 0.3) is 0 Å². The normalized spacial score (nSPS) is 26.1. The minimum Gasteiger partial charge on any atom is -0.360 e. The van der Waals surface area contributed by atoms with Crippen LogP contribution in [0.2, 0.25) is 0 Å². The molecule has 1 aromatic heterocycles. The highest BCUT2D eigenvalue weighted by Crippen LogP contribution is 2.61. The van der Waals surface area contributed by atoms with Crippen molar-refractivity contribution in [2.45, 2.75) is 37.9 Å². The molecule has 4 rings (SSSR count). The number of halogens is 2. The van der Waals surface area contributed by atoms with E-state index in [-0.39, 0.29) is 17.5 Å². The molecule has 3 heterocycles. The second kappa shape index (κ2) is 6.72. The first-order chi connectivity index (χ1) is 12.3. The number of nitrogens with zero attached hydrogens (tertiary/aromatic N) is 3. The summed E-state index contributed by atoms with van der Waals surface area (Å²) < 4.78 is 56.9. The van der Waals surface area contributed by atoms with Crippen LogP contribution in [0.15, 0.2) is 10.6 Å². The zero-order chi connectivity index (χ0) is 19.1. The number of fused-ring (bicyclic) bond motifs is 3. The lowest BCUT2D eigenvalue weighted by molar-refractivity contribution is -0.0527. The summed E-state index contributed by atoms with van der Waals surface area (Å²) in [7, 11) is -2.96. The molecule has 146 valence electrons. The Morgan fingerprint density at radius 1 is 1.50 bits per heavy atom. The highest BCUT2D eigenvalue weighted by Gasteiger charge is 2.64. The van der Waals surface area contributed by atoms with E-state index in [9.17, 15) is 13.2 Å². The summed E-state index contributed by atoms with van der Waals surface area (Å²) in [6.45, 7) is 0.868. The molecule has 0 radical (unpaired) electrons. The lowest BCUT2D eigenvalue weighted by Gasteiger charge is -2.35. The van der Waals surface area contributed by atoms with E-state index >= 15 is 0 Å². The summed E-state index contributed by atoms with van der Waals surface area (Å²) in [6.07, 6.45) is 2.42. The molecule has 3 fully saturated rings. The lowest BCUT2D eigenvalue weighted by Crippen LogP contribution is -2.43. The SMILES string of the molecule is CNCc1cc([C@@H]2CC3(CC3)[C@@H]3CN2C(=O)N3OS(=O)(=O)O)no1.FF. The summed E-state index contributed by atoms with van der Waals surface area (Å²) >= 11 is 0. The van der Waals surface area contributed by atoms with Crippen molar-refractivity contribution in [3.63, 3.8) is 0 Å². The van der Waals surface area contributed by atoms with Gasteiger partial charge in [-0.2, -0.15) is 13.5 Å². The molecule has 2 saturated heterocycles. The third-order valence-electron chi connectivity index (χ3n) is 5.11. The van der Waals surface area contributed by atoms with Gasteiger partial charge in [0.15, 0.2) is 5.76 Å². The average Bonchev–Trinajstić information content (AvgIpc) is 3.10. The number of piperidine rings is 1. The number of aromatic nitrogens is 1. The number of nitrogens with one attached hydrogen (secondary N) is 1. The average molecular weight is 396 g/mol.